The predicted octanol–water partition coefficient (Wildman–Crippen LogP) is 1.28. The summed E-state index contributed by atoms with van der Waals surface area (Å²) in [5, 5.41) is 2.77. The van der Waals surface area contributed by atoms with Crippen molar-refractivity contribution in [3.8, 4) is 0 Å². The van der Waals surface area contributed by atoms with Crippen molar-refractivity contribution >= 4 is 11.8 Å². The molecule has 0 saturated carbocycles. The summed E-state index contributed by atoms with van der Waals surface area (Å²) in [5.41, 5.74) is -0.228. The van der Waals surface area contributed by atoms with E-state index in [1.54, 1.807) is 25.9 Å². The minimum Gasteiger partial charge on any atom is -0.383 e. The molecule has 1 fully saturated rings. The van der Waals surface area contributed by atoms with E-state index < -0.39 is 11.6 Å². The van der Waals surface area contributed by atoms with Gasteiger partial charge >= 0.3 is 0 Å². The maximum Gasteiger partial charge on any atom is 0.251 e. The zero-order chi connectivity index (χ0) is 15.6. The van der Waals surface area contributed by atoms with E-state index in [1.165, 1.54) is 0 Å². The van der Waals surface area contributed by atoms with Crippen LogP contribution in [0.5, 0.6) is 0 Å². The Labute approximate surface area is 125 Å². The summed E-state index contributed by atoms with van der Waals surface area (Å²) in [6.07, 6.45) is 0. The summed E-state index contributed by atoms with van der Waals surface area (Å²) >= 11 is 0. The van der Waals surface area contributed by atoms with Gasteiger partial charge in [-0.3, -0.25) is 9.59 Å². The molecule has 3 unspecified atom stereocenters. The van der Waals surface area contributed by atoms with Crippen molar-refractivity contribution in [2.45, 2.75) is 38.4 Å². The Morgan fingerprint density at radius 1 is 1.33 bits per heavy atom. The van der Waals surface area contributed by atoms with Gasteiger partial charge in [0.15, 0.2) is 0 Å². The SMILES string of the molecule is COCC(C)N1C(=O)C(C)NC(=O)C1(C)c1ccccc1. The second-order valence-electron chi connectivity index (χ2n) is 5.65. The molecule has 1 aromatic carbocycles. The minimum atomic E-state index is -1.03. The standard InChI is InChI=1S/C16H22N2O3/c1-11(10-21-4)18-14(19)12(2)17-15(20)16(18,3)13-8-6-5-7-9-13/h5-9,11-12H,10H2,1-4H3,(H,17,20). The van der Waals surface area contributed by atoms with Crippen LogP contribution in [0.25, 0.3) is 0 Å². The Balaban J connectivity index is 2.52. The number of carbonyl (C=O) groups excluding carboxylic acids is 2. The molecule has 1 saturated heterocycles. The number of nitrogens with zero attached hydrogens (tertiary/aromatic N) is 1. The molecule has 0 radical (unpaired) electrons. The van der Waals surface area contributed by atoms with Crippen LogP contribution in [0.3, 0.4) is 0 Å². The molecule has 114 valence electrons. The number of rotatable bonds is 4. The van der Waals surface area contributed by atoms with Crippen LogP contribution in [-0.4, -0.2) is 42.5 Å². The number of methoxy groups -OCH3 is 1. The van der Waals surface area contributed by atoms with Crippen molar-refractivity contribution in [2.75, 3.05) is 13.7 Å². The Bertz CT molecular complexity index is 532. The number of nitrogens with one attached hydrogen (secondary N) is 1. The number of carbonyl (C=O) groups is 2. The van der Waals surface area contributed by atoms with E-state index in [-0.39, 0.29) is 17.9 Å². The molecule has 5 nitrogen and oxygen atoms in total. The van der Waals surface area contributed by atoms with E-state index in [9.17, 15) is 9.59 Å². The first-order valence-corrected chi connectivity index (χ1v) is 7.11. The highest BCUT2D eigenvalue weighted by atomic mass is 16.5. The van der Waals surface area contributed by atoms with E-state index in [0.29, 0.717) is 6.61 Å². The van der Waals surface area contributed by atoms with Gasteiger partial charge in [0.2, 0.25) is 5.91 Å². The van der Waals surface area contributed by atoms with Crippen LogP contribution in [0.4, 0.5) is 0 Å². The molecule has 21 heavy (non-hydrogen) atoms. The van der Waals surface area contributed by atoms with Crippen LogP contribution in [0.1, 0.15) is 26.3 Å². The van der Waals surface area contributed by atoms with Gasteiger partial charge in [-0.25, -0.2) is 0 Å². The molecule has 2 amide bonds. The molecule has 5 heteroatoms. The van der Waals surface area contributed by atoms with Crippen molar-refractivity contribution in [1.82, 2.24) is 10.2 Å². The lowest BCUT2D eigenvalue weighted by Gasteiger charge is -2.48. The Morgan fingerprint density at radius 2 is 1.95 bits per heavy atom. The number of ether oxygens (including phenoxy) is 1. The topological polar surface area (TPSA) is 58.6 Å². The number of benzene rings is 1. The summed E-state index contributed by atoms with van der Waals surface area (Å²) in [6.45, 7) is 5.77. The first kappa shape index (κ1) is 15.5. The number of hydrogen-bond donors (Lipinski definition) is 1. The fourth-order valence-corrected chi connectivity index (χ4v) is 2.94. The Morgan fingerprint density at radius 3 is 2.52 bits per heavy atom. The summed E-state index contributed by atoms with van der Waals surface area (Å²) in [4.78, 5) is 26.9. The van der Waals surface area contributed by atoms with Crippen LogP contribution in [0, 0.1) is 0 Å². The fraction of sp³-hybridized carbons (Fsp3) is 0.500. The van der Waals surface area contributed by atoms with Gasteiger partial charge in [-0.2, -0.15) is 0 Å². The monoisotopic (exact) mass is 290 g/mol. The average Bonchev–Trinajstić information content (AvgIpc) is 2.46. The maximum absolute atomic E-state index is 12.6. The highest BCUT2D eigenvalue weighted by Gasteiger charge is 2.51. The van der Waals surface area contributed by atoms with Crippen LogP contribution in [-0.2, 0) is 19.9 Å². The number of hydrogen-bond acceptors (Lipinski definition) is 3. The highest BCUT2D eigenvalue weighted by Crippen LogP contribution is 2.34. The van der Waals surface area contributed by atoms with Crippen molar-refractivity contribution in [2.24, 2.45) is 0 Å². The Hall–Kier alpha value is -1.88. The summed E-state index contributed by atoms with van der Waals surface area (Å²) in [6, 6.07) is 8.66. The predicted molar refractivity (Wildman–Crippen MR) is 79.6 cm³/mol. The van der Waals surface area contributed by atoms with Crippen LogP contribution >= 0.6 is 0 Å². The number of amides is 2. The third-order valence-electron chi connectivity index (χ3n) is 4.06. The molecule has 0 aromatic heterocycles. The second kappa shape index (κ2) is 5.85. The highest BCUT2D eigenvalue weighted by molar-refractivity contribution is 6.00. The normalized spacial score (nSPS) is 27.4. The first-order chi connectivity index (χ1) is 9.92. The van der Waals surface area contributed by atoms with Crippen molar-refractivity contribution < 1.29 is 14.3 Å². The molecule has 0 bridgehead atoms. The van der Waals surface area contributed by atoms with Gasteiger partial charge in [0.05, 0.1) is 12.6 Å². The second-order valence-corrected chi connectivity index (χ2v) is 5.65. The van der Waals surface area contributed by atoms with Crippen molar-refractivity contribution in [3.63, 3.8) is 0 Å². The minimum absolute atomic E-state index is 0.0921. The quantitative estimate of drug-likeness (QED) is 0.909. The van der Waals surface area contributed by atoms with E-state index in [1.807, 2.05) is 37.3 Å². The van der Waals surface area contributed by atoms with Crippen molar-refractivity contribution in [1.29, 1.82) is 0 Å². The largest absolute Gasteiger partial charge is 0.383 e. The smallest absolute Gasteiger partial charge is 0.251 e. The third kappa shape index (κ3) is 2.53. The summed E-state index contributed by atoms with van der Waals surface area (Å²) in [5.74, 6) is -0.255. The van der Waals surface area contributed by atoms with Gasteiger partial charge in [-0.05, 0) is 26.3 Å². The lowest BCUT2D eigenvalue weighted by molar-refractivity contribution is -0.161. The number of piperazine rings is 1. The van der Waals surface area contributed by atoms with E-state index in [4.69, 9.17) is 4.74 Å². The summed E-state index contributed by atoms with van der Waals surface area (Å²) in [7, 11) is 1.59. The molecular weight excluding hydrogens is 268 g/mol. The average molecular weight is 290 g/mol. The maximum atomic E-state index is 12.6. The molecule has 1 aromatic rings. The summed E-state index contributed by atoms with van der Waals surface area (Å²) < 4.78 is 5.18. The molecule has 1 aliphatic heterocycles. The molecular formula is C16H22N2O3. The van der Waals surface area contributed by atoms with Gasteiger partial charge in [0, 0.05) is 7.11 Å². The lowest BCUT2D eigenvalue weighted by atomic mass is 9.84. The molecule has 0 spiro atoms. The molecule has 2 rings (SSSR count). The third-order valence-corrected chi connectivity index (χ3v) is 4.06. The molecule has 3 atom stereocenters. The Kier molecular flexibility index (Phi) is 4.32. The molecule has 1 heterocycles. The van der Waals surface area contributed by atoms with Gasteiger partial charge in [-0.15, -0.1) is 0 Å². The van der Waals surface area contributed by atoms with Crippen molar-refractivity contribution in [3.05, 3.63) is 35.9 Å². The van der Waals surface area contributed by atoms with Gasteiger partial charge in [-0.1, -0.05) is 30.3 Å². The molecule has 1 N–H and O–H groups in total. The van der Waals surface area contributed by atoms with Crippen LogP contribution in [0.15, 0.2) is 30.3 Å². The van der Waals surface area contributed by atoms with E-state index >= 15 is 0 Å². The van der Waals surface area contributed by atoms with Gasteiger partial charge < -0.3 is 15.0 Å². The van der Waals surface area contributed by atoms with Crippen LogP contribution in [0.2, 0.25) is 0 Å². The van der Waals surface area contributed by atoms with Crippen LogP contribution < -0.4 is 5.32 Å². The fourth-order valence-electron chi connectivity index (χ4n) is 2.94. The van der Waals surface area contributed by atoms with E-state index in [0.717, 1.165) is 5.56 Å². The first-order valence-electron chi connectivity index (χ1n) is 7.11. The van der Waals surface area contributed by atoms with E-state index in [2.05, 4.69) is 5.32 Å². The zero-order valence-corrected chi connectivity index (χ0v) is 12.9. The zero-order valence-electron chi connectivity index (χ0n) is 12.9. The molecule has 0 aliphatic carbocycles. The molecule has 1 aliphatic rings. The lowest BCUT2D eigenvalue weighted by Crippen LogP contribution is -2.69. The van der Waals surface area contributed by atoms with Gasteiger partial charge in [0.1, 0.15) is 11.6 Å². The van der Waals surface area contributed by atoms with Gasteiger partial charge in [0.25, 0.3) is 5.91 Å².